The number of hydrogen-bond acceptors (Lipinski definition) is 1. The Morgan fingerprint density at radius 1 is 1.50 bits per heavy atom. The van der Waals surface area contributed by atoms with E-state index in [0.29, 0.717) is 0 Å². The first-order chi connectivity index (χ1) is 2.91. The van der Waals surface area contributed by atoms with E-state index in [-0.39, 0.29) is 0 Å². The minimum atomic E-state index is 0.799. The zero-order chi connectivity index (χ0) is 4.83. The van der Waals surface area contributed by atoms with Gasteiger partial charge in [0.25, 0.3) is 7.48 Å². The zero-order valence-corrected chi connectivity index (χ0v) is 4.40. The molecule has 0 saturated carbocycles. The summed E-state index contributed by atoms with van der Waals surface area (Å²) < 4.78 is 4.86. The molecule has 0 aliphatic rings. The molecule has 0 aromatic rings. The largest absolute Gasteiger partial charge is 0.441 e. The lowest BCUT2D eigenvalue weighted by atomic mass is 9.98. The van der Waals surface area contributed by atoms with Crippen molar-refractivity contribution in [3.8, 4) is 0 Å². The van der Waals surface area contributed by atoms with Crippen LogP contribution in [0.3, 0.4) is 0 Å². The van der Waals surface area contributed by atoms with Gasteiger partial charge in [-0.15, -0.1) is 0 Å². The molecule has 0 atom stereocenters. The van der Waals surface area contributed by atoms with Gasteiger partial charge in [-0.05, 0) is 6.92 Å². The highest BCUT2D eigenvalue weighted by Crippen LogP contribution is 1.73. The van der Waals surface area contributed by atoms with Gasteiger partial charge < -0.3 is 4.65 Å². The monoisotopic (exact) mass is 85.1 g/mol. The van der Waals surface area contributed by atoms with Gasteiger partial charge in [0, 0.05) is 6.61 Å². The molecule has 0 spiro atoms. The summed E-state index contributed by atoms with van der Waals surface area (Å²) in [5, 5.41) is 0. The molecule has 1 radical (unpaired) electrons. The van der Waals surface area contributed by atoms with E-state index >= 15 is 0 Å². The molecule has 0 aliphatic carbocycles. The van der Waals surface area contributed by atoms with Crippen molar-refractivity contribution in [3.63, 3.8) is 0 Å². The Morgan fingerprint density at radius 3 is 2.33 bits per heavy atom. The third kappa shape index (κ3) is 4.02. The minimum absolute atomic E-state index is 0.799. The minimum Gasteiger partial charge on any atom is -0.441 e. The van der Waals surface area contributed by atoms with Crippen molar-refractivity contribution >= 4 is 7.48 Å². The molecular weight excluding hydrogens is 74.9 g/mol. The topological polar surface area (TPSA) is 9.23 Å². The summed E-state index contributed by atoms with van der Waals surface area (Å²) >= 11 is 0. The quantitative estimate of drug-likeness (QED) is 0.368. The van der Waals surface area contributed by atoms with E-state index in [2.05, 4.69) is 6.92 Å². The lowest BCUT2D eigenvalue weighted by Crippen LogP contribution is -1.93. The fourth-order valence-electron chi connectivity index (χ4n) is 0.236. The third-order valence-electron chi connectivity index (χ3n) is 0.451. The Hall–Kier alpha value is 0.0249. The van der Waals surface area contributed by atoms with Crippen LogP contribution in [-0.2, 0) is 4.65 Å². The van der Waals surface area contributed by atoms with Crippen LogP contribution in [0.4, 0.5) is 0 Å². The van der Waals surface area contributed by atoms with Crippen LogP contribution in [0.15, 0.2) is 0 Å². The molecule has 0 heterocycles. The average Bonchev–Trinajstić information content (AvgIpc) is 1.61. The summed E-state index contributed by atoms with van der Waals surface area (Å²) in [7, 11) is 1.81. The van der Waals surface area contributed by atoms with E-state index in [1.54, 1.807) is 7.48 Å². The fourth-order valence-corrected chi connectivity index (χ4v) is 0.236. The van der Waals surface area contributed by atoms with Gasteiger partial charge in [0.15, 0.2) is 0 Å². The smallest absolute Gasteiger partial charge is 0.292 e. The van der Waals surface area contributed by atoms with Crippen LogP contribution in [0, 0.1) is 0 Å². The van der Waals surface area contributed by atoms with Crippen molar-refractivity contribution in [2.45, 2.75) is 20.2 Å². The molecule has 0 fully saturated rings. The van der Waals surface area contributed by atoms with Gasteiger partial charge in [0.2, 0.25) is 0 Å². The highest BCUT2D eigenvalue weighted by atomic mass is 16.4. The van der Waals surface area contributed by atoms with E-state index in [0.717, 1.165) is 12.9 Å². The van der Waals surface area contributed by atoms with Crippen molar-refractivity contribution in [1.29, 1.82) is 0 Å². The van der Waals surface area contributed by atoms with Crippen LogP contribution < -0.4 is 0 Å². The van der Waals surface area contributed by atoms with E-state index in [4.69, 9.17) is 4.65 Å². The van der Waals surface area contributed by atoms with E-state index in [9.17, 15) is 0 Å². The third-order valence-corrected chi connectivity index (χ3v) is 0.451. The van der Waals surface area contributed by atoms with Gasteiger partial charge in [0.1, 0.15) is 0 Å². The van der Waals surface area contributed by atoms with Gasteiger partial charge in [-0.3, -0.25) is 0 Å². The van der Waals surface area contributed by atoms with Crippen molar-refractivity contribution in [2.24, 2.45) is 0 Å². The molecule has 0 N–H and O–H groups in total. The molecule has 0 rings (SSSR count). The van der Waals surface area contributed by atoms with Crippen LogP contribution in [-0.4, -0.2) is 14.1 Å². The normalized spacial score (nSPS) is 8.33. The van der Waals surface area contributed by atoms with Crippen molar-refractivity contribution in [2.75, 3.05) is 6.61 Å². The first-order valence-corrected chi connectivity index (χ1v) is 2.35. The first kappa shape index (κ1) is 6.02. The van der Waals surface area contributed by atoms with Gasteiger partial charge in [-0.1, -0.05) is 13.2 Å². The van der Waals surface area contributed by atoms with E-state index in [1.165, 1.54) is 0 Å². The summed E-state index contributed by atoms with van der Waals surface area (Å²) in [6.07, 6.45) is 1.01. The Balaban J connectivity index is 2.34. The molecule has 0 amide bonds. The lowest BCUT2D eigenvalue weighted by molar-refractivity contribution is 0.361. The fraction of sp³-hybridized carbons (Fsp3) is 1.00. The molecule has 2 heteroatoms. The summed E-state index contributed by atoms with van der Waals surface area (Å²) in [6, 6.07) is 0. The van der Waals surface area contributed by atoms with Gasteiger partial charge in [0.05, 0.1) is 0 Å². The molecule has 0 aromatic heterocycles. The Kier molecular flexibility index (Phi) is 5.05. The first-order valence-electron chi connectivity index (χ1n) is 2.35. The Morgan fingerprint density at radius 2 is 2.17 bits per heavy atom. The maximum Gasteiger partial charge on any atom is 0.292 e. The molecule has 0 saturated heterocycles. The van der Waals surface area contributed by atoms with E-state index < -0.39 is 0 Å². The molecule has 6 heavy (non-hydrogen) atoms. The number of hydrogen-bond donors (Lipinski definition) is 0. The summed E-state index contributed by atoms with van der Waals surface area (Å²) in [5.74, 6) is 0. The second-order valence-corrected chi connectivity index (χ2v) is 1.03. The number of rotatable bonds is 3. The van der Waals surface area contributed by atoms with Crippen LogP contribution >= 0.6 is 0 Å². The SMILES string of the molecule is CC[B]OCC. The van der Waals surface area contributed by atoms with E-state index in [1.807, 2.05) is 6.92 Å². The average molecular weight is 84.9 g/mol. The molecular formula is C4H10BO. The van der Waals surface area contributed by atoms with Gasteiger partial charge in [-0.2, -0.15) is 0 Å². The van der Waals surface area contributed by atoms with Gasteiger partial charge >= 0.3 is 0 Å². The Bertz CT molecular complexity index is 19.5. The summed E-state index contributed by atoms with van der Waals surface area (Å²) in [6.45, 7) is 4.83. The van der Waals surface area contributed by atoms with Crippen LogP contribution in [0.25, 0.3) is 0 Å². The predicted molar refractivity (Wildman–Crippen MR) is 27.9 cm³/mol. The molecule has 0 aromatic carbocycles. The highest BCUT2D eigenvalue weighted by molar-refractivity contribution is 6.26. The summed E-state index contributed by atoms with van der Waals surface area (Å²) in [4.78, 5) is 0. The van der Waals surface area contributed by atoms with Crippen molar-refractivity contribution in [3.05, 3.63) is 0 Å². The Labute approximate surface area is 40.0 Å². The van der Waals surface area contributed by atoms with Crippen molar-refractivity contribution in [1.82, 2.24) is 0 Å². The maximum atomic E-state index is 4.86. The summed E-state index contributed by atoms with van der Waals surface area (Å²) in [5.41, 5.74) is 0. The van der Waals surface area contributed by atoms with Crippen molar-refractivity contribution < 1.29 is 4.65 Å². The molecule has 0 bridgehead atoms. The molecule has 35 valence electrons. The van der Waals surface area contributed by atoms with Crippen LogP contribution in [0.1, 0.15) is 13.8 Å². The second-order valence-electron chi connectivity index (χ2n) is 1.03. The molecule has 0 unspecified atom stereocenters. The highest BCUT2D eigenvalue weighted by Gasteiger charge is 1.78. The maximum absolute atomic E-state index is 4.86. The molecule has 1 nitrogen and oxygen atoms in total. The van der Waals surface area contributed by atoms with Crippen LogP contribution in [0.2, 0.25) is 6.32 Å². The zero-order valence-electron chi connectivity index (χ0n) is 4.40. The predicted octanol–water partition coefficient (Wildman–Crippen LogP) is 1.08. The molecule has 0 aliphatic heterocycles. The van der Waals surface area contributed by atoms with Crippen LogP contribution in [0.5, 0.6) is 0 Å². The second kappa shape index (κ2) is 5.02. The van der Waals surface area contributed by atoms with Gasteiger partial charge in [-0.25, -0.2) is 0 Å². The standard InChI is InChI=1S/C4H10BO/c1-3-5-6-4-2/h3-4H2,1-2H3. The lowest BCUT2D eigenvalue weighted by Gasteiger charge is -1.89.